The van der Waals surface area contributed by atoms with Crippen molar-refractivity contribution in [2.24, 2.45) is 17.8 Å². The molecule has 0 radical (unpaired) electrons. The van der Waals surface area contributed by atoms with Crippen molar-refractivity contribution in [3.63, 3.8) is 0 Å². The molecular weight excluding hydrogens is 226 g/mol. The summed E-state index contributed by atoms with van der Waals surface area (Å²) in [4.78, 5) is 35.3. The number of hydrogen-bond donors (Lipinski definition) is 1. The zero-order valence-electron chi connectivity index (χ0n) is 10.2. The third-order valence-corrected chi connectivity index (χ3v) is 3.17. The van der Waals surface area contributed by atoms with Gasteiger partial charge in [-0.2, -0.15) is 0 Å². The highest BCUT2D eigenvalue weighted by Gasteiger charge is 2.39. The summed E-state index contributed by atoms with van der Waals surface area (Å²) in [6.07, 6.45) is 0. The van der Waals surface area contributed by atoms with Gasteiger partial charge in [-0.3, -0.25) is 14.4 Å². The third-order valence-electron chi connectivity index (χ3n) is 3.17. The van der Waals surface area contributed by atoms with Gasteiger partial charge >= 0.3 is 11.9 Å². The maximum absolute atomic E-state index is 11.8. The molecule has 1 N–H and O–H groups in total. The molecule has 6 heteroatoms. The molecule has 6 nitrogen and oxygen atoms in total. The highest BCUT2D eigenvalue weighted by Crippen LogP contribution is 2.25. The van der Waals surface area contributed by atoms with Gasteiger partial charge < -0.3 is 14.7 Å². The average Bonchev–Trinajstić information content (AvgIpc) is 2.68. The van der Waals surface area contributed by atoms with Crippen LogP contribution in [-0.2, 0) is 19.1 Å². The number of rotatable bonds is 3. The minimum atomic E-state index is -1.15. The predicted octanol–water partition coefficient (Wildman–Crippen LogP) is -0.0254. The van der Waals surface area contributed by atoms with Crippen molar-refractivity contribution in [3.05, 3.63) is 0 Å². The van der Waals surface area contributed by atoms with E-state index in [0.29, 0.717) is 6.54 Å². The second-order valence-electron chi connectivity index (χ2n) is 4.41. The van der Waals surface area contributed by atoms with Gasteiger partial charge in [0.15, 0.2) is 0 Å². The van der Waals surface area contributed by atoms with Crippen molar-refractivity contribution in [2.75, 3.05) is 20.2 Å². The lowest BCUT2D eigenvalue weighted by Crippen LogP contribution is -2.37. The number of esters is 1. The molecule has 0 aromatic rings. The first-order chi connectivity index (χ1) is 7.88. The number of amides is 1. The van der Waals surface area contributed by atoms with Gasteiger partial charge in [0.2, 0.25) is 5.91 Å². The van der Waals surface area contributed by atoms with E-state index in [0.717, 1.165) is 0 Å². The molecule has 3 atom stereocenters. The number of hydrogen-bond acceptors (Lipinski definition) is 4. The Hall–Kier alpha value is -1.59. The fourth-order valence-electron chi connectivity index (χ4n) is 1.98. The molecule has 17 heavy (non-hydrogen) atoms. The van der Waals surface area contributed by atoms with E-state index in [9.17, 15) is 14.4 Å². The summed E-state index contributed by atoms with van der Waals surface area (Å²) >= 11 is 0. The Morgan fingerprint density at radius 2 is 1.94 bits per heavy atom. The largest absolute Gasteiger partial charge is 0.481 e. The molecular formula is C11H17NO5. The van der Waals surface area contributed by atoms with Gasteiger partial charge in [-0.25, -0.2) is 0 Å². The van der Waals surface area contributed by atoms with E-state index >= 15 is 0 Å². The number of aliphatic carboxylic acids is 1. The molecule has 1 aliphatic heterocycles. The van der Waals surface area contributed by atoms with Crippen LogP contribution in [-0.4, -0.2) is 48.1 Å². The third kappa shape index (κ3) is 2.75. The quantitative estimate of drug-likeness (QED) is 0.556. The second kappa shape index (κ2) is 5.16. The lowest BCUT2D eigenvalue weighted by Gasteiger charge is -2.18. The summed E-state index contributed by atoms with van der Waals surface area (Å²) in [5.41, 5.74) is 0. The second-order valence-corrected chi connectivity index (χ2v) is 4.41. The first kappa shape index (κ1) is 13.5. The molecule has 96 valence electrons. The van der Waals surface area contributed by atoms with Crippen molar-refractivity contribution in [2.45, 2.75) is 13.8 Å². The van der Waals surface area contributed by atoms with Crippen molar-refractivity contribution < 1.29 is 24.2 Å². The van der Waals surface area contributed by atoms with Gasteiger partial charge in [0.1, 0.15) is 5.92 Å². The molecule has 1 rings (SSSR count). The van der Waals surface area contributed by atoms with Crippen LogP contribution in [0, 0.1) is 17.8 Å². The van der Waals surface area contributed by atoms with Crippen LogP contribution in [0.25, 0.3) is 0 Å². The van der Waals surface area contributed by atoms with Crippen molar-refractivity contribution in [1.82, 2.24) is 4.90 Å². The molecule has 0 spiro atoms. The number of carboxylic acid groups (broad SMARTS) is 1. The summed E-state index contributed by atoms with van der Waals surface area (Å²) in [5, 5.41) is 8.76. The van der Waals surface area contributed by atoms with Crippen LogP contribution in [0.1, 0.15) is 13.8 Å². The number of likely N-dealkylation sites (tertiary alicyclic amines) is 1. The number of ether oxygens (including phenoxy) is 1. The van der Waals surface area contributed by atoms with Gasteiger partial charge in [0.25, 0.3) is 0 Å². The number of carbonyl (C=O) groups excluding carboxylic acids is 2. The summed E-state index contributed by atoms with van der Waals surface area (Å²) in [7, 11) is 1.30. The normalized spacial score (nSPS) is 25.5. The van der Waals surface area contributed by atoms with Crippen LogP contribution in [0.15, 0.2) is 0 Å². The van der Waals surface area contributed by atoms with Crippen LogP contribution >= 0.6 is 0 Å². The standard InChI is InChI=1S/C11H17NO5/c1-6-4-12(5-8(6)11(16)17-3)9(13)7(2)10(14)15/h6-8H,4-5H2,1-3H3,(H,14,15). The molecule has 1 heterocycles. The lowest BCUT2D eigenvalue weighted by molar-refractivity contribution is -0.149. The first-order valence-electron chi connectivity index (χ1n) is 5.47. The van der Waals surface area contributed by atoms with E-state index in [1.165, 1.54) is 18.9 Å². The van der Waals surface area contributed by atoms with E-state index in [2.05, 4.69) is 4.74 Å². The lowest BCUT2D eigenvalue weighted by atomic mass is 9.99. The van der Waals surface area contributed by atoms with Crippen LogP contribution in [0.2, 0.25) is 0 Å². The zero-order valence-corrected chi connectivity index (χ0v) is 10.2. The molecule has 0 aromatic heterocycles. The van der Waals surface area contributed by atoms with Crippen LogP contribution in [0.3, 0.4) is 0 Å². The predicted molar refractivity (Wildman–Crippen MR) is 58.0 cm³/mol. The van der Waals surface area contributed by atoms with Crippen molar-refractivity contribution in [1.29, 1.82) is 0 Å². The maximum Gasteiger partial charge on any atom is 0.315 e. The number of methoxy groups -OCH3 is 1. The van der Waals surface area contributed by atoms with Crippen molar-refractivity contribution in [3.8, 4) is 0 Å². The van der Waals surface area contributed by atoms with Crippen LogP contribution < -0.4 is 0 Å². The molecule has 0 saturated carbocycles. The average molecular weight is 243 g/mol. The molecule has 0 aromatic carbocycles. The van der Waals surface area contributed by atoms with Crippen LogP contribution in [0.4, 0.5) is 0 Å². The molecule has 3 unspecified atom stereocenters. The van der Waals surface area contributed by atoms with Gasteiger partial charge in [0.05, 0.1) is 13.0 Å². The Morgan fingerprint density at radius 1 is 1.35 bits per heavy atom. The zero-order chi connectivity index (χ0) is 13.2. The number of carboxylic acids is 1. The van der Waals surface area contributed by atoms with E-state index < -0.39 is 17.8 Å². The Labute approximate surface area is 99.5 Å². The SMILES string of the molecule is COC(=O)C1CN(C(=O)C(C)C(=O)O)CC1C. The van der Waals surface area contributed by atoms with Gasteiger partial charge in [0, 0.05) is 13.1 Å². The van der Waals surface area contributed by atoms with E-state index in [1.807, 2.05) is 6.92 Å². The summed E-state index contributed by atoms with van der Waals surface area (Å²) in [5.74, 6) is -3.38. The Bertz CT molecular complexity index is 341. The monoisotopic (exact) mass is 243 g/mol. The highest BCUT2D eigenvalue weighted by atomic mass is 16.5. The Balaban J connectivity index is 2.69. The fourth-order valence-corrected chi connectivity index (χ4v) is 1.98. The molecule has 0 bridgehead atoms. The molecule has 1 fully saturated rings. The Morgan fingerprint density at radius 3 is 2.41 bits per heavy atom. The summed E-state index contributed by atoms with van der Waals surface area (Å²) in [6.45, 7) is 3.83. The first-order valence-corrected chi connectivity index (χ1v) is 5.47. The topological polar surface area (TPSA) is 83.9 Å². The molecule has 1 amide bonds. The smallest absolute Gasteiger partial charge is 0.315 e. The minimum Gasteiger partial charge on any atom is -0.481 e. The van der Waals surface area contributed by atoms with Gasteiger partial charge in [-0.1, -0.05) is 6.92 Å². The number of carbonyl (C=O) groups is 3. The van der Waals surface area contributed by atoms with Gasteiger partial charge in [-0.15, -0.1) is 0 Å². The maximum atomic E-state index is 11.8. The van der Waals surface area contributed by atoms with E-state index in [4.69, 9.17) is 5.11 Å². The fraction of sp³-hybridized carbons (Fsp3) is 0.727. The highest BCUT2D eigenvalue weighted by molar-refractivity contribution is 5.96. The van der Waals surface area contributed by atoms with Crippen molar-refractivity contribution >= 4 is 17.8 Å². The van der Waals surface area contributed by atoms with E-state index in [-0.39, 0.29) is 24.3 Å². The Kier molecular flexibility index (Phi) is 4.09. The number of nitrogens with zero attached hydrogens (tertiary/aromatic N) is 1. The molecule has 0 aliphatic carbocycles. The minimum absolute atomic E-state index is 0.00704. The molecule has 1 saturated heterocycles. The van der Waals surface area contributed by atoms with Crippen LogP contribution in [0.5, 0.6) is 0 Å². The van der Waals surface area contributed by atoms with E-state index in [1.54, 1.807) is 0 Å². The summed E-state index contributed by atoms with van der Waals surface area (Å²) in [6, 6.07) is 0. The summed E-state index contributed by atoms with van der Waals surface area (Å²) < 4.78 is 4.65. The van der Waals surface area contributed by atoms with Gasteiger partial charge in [-0.05, 0) is 12.8 Å². The molecule has 1 aliphatic rings.